The minimum absolute atomic E-state index is 0.0325. The number of anilines is 2. The van der Waals surface area contributed by atoms with Crippen molar-refractivity contribution in [3.8, 4) is 0 Å². The highest BCUT2D eigenvalue weighted by atomic mass is 32.2. The molecule has 1 aliphatic heterocycles. The second-order valence-electron chi connectivity index (χ2n) is 4.68. The van der Waals surface area contributed by atoms with E-state index in [2.05, 4.69) is 10.3 Å². The molecule has 1 fully saturated rings. The molecule has 2 rings (SSSR count). The fourth-order valence-electron chi connectivity index (χ4n) is 2.08. The smallest absolute Gasteiger partial charge is 0.252 e. The molecule has 104 valence electrons. The van der Waals surface area contributed by atoms with Crippen LogP contribution in [0.2, 0.25) is 0 Å². The number of rotatable bonds is 4. The van der Waals surface area contributed by atoms with Crippen LogP contribution in [0.15, 0.2) is 12.3 Å². The lowest BCUT2D eigenvalue weighted by Crippen LogP contribution is -2.20. The van der Waals surface area contributed by atoms with Crippen molar-refractivity contribution in [2.45, 2.75) is 6.42 Å². The Kier molecular flexibility index (Phi) is 3.61. The molecule has 0 aromatic carbocycles. The van der Waals surface area contributed by atoms with Crippen LogP contribution in [0.25, 0.3) is 0 Å². The quantitative estimate of drug-likeness (QED) is 0.690. The van der Waals surface area contributed by atoms with Gasteiger partial charge in [0, 0.05) is 6.54 Å². The van der Waals surface area contributed by atoms with E-state index in [1.54, 1.807) is 0 Å². The second kappa shape index (κ2) is 5.04. The van der Waals surface area contributed by atoms with Gasteiger partial charge >= 0.3 is 0 Å². The Morgan fingerprint density at radius 2 is 2.26 bits per heavy atom. The van der Waals surface area contributed by atoms with E-state index in [1.165, 1.54) is 12.3 Å². The van der Waals surface area contributed by atoms with E-state index in [-0.39, 0.29) is 23.0 Å². The Morgan fingerprint density at radius 3 is 2.84 bits per heavy atom. The molecule has 0 bridgehead atoms. The average molecular weight is 284 g/mol. The number of pyridine rings is 1. The zero-order chi connectivity index (χ0) is 14.0. The van der Waals surface area contributed by atoms with Gasteiger partial charge in [-0.15, -0.1) is 0 Å². The van der Waals surface area contributed by atoms with Crippen LogP contribution in [0.5, 0.6) is 0 Å². The summed E-state index contributed by atoms with van der Waals surface area (Å²) in [6.45, 7) is 0.441. The van der Waals surface area contributed by atoms with Crippen molar-refractivity contribution >= 4 is 27.2 Å². The molecule has 0 saturated carbocycles. The summed E-state index contributed by atoms with van der Waals surface area (Å²) in [6.07, 6.45) is 2.04. The van der Waals surface area contributed by atoms with Gasteiger partial charge in [0.05, 0.1) is 29.0 Å². The van der Waals surface area contributed by atoms with E-state index in [1.807, 2.05) is 0 Å². The molecule has 1 unspecified atom stereocenters. The van der Waals surface area contributed by atoms with Crippen LogP contribution in [-0.4, -0.2) is 37.4 Å². The zero-order valence-corrected chi connectivity index (χ0v) is 11.1. The third kappa shape index (κ3) is 3.34. The van der Waals surface area contributed by atoms with Crippen LogP contribution in [0.3, 0.4) is 0 Å². The third-order valence-corrected chi connectivity index (χ3v) is 4.90. The molecule has 1 atom stereocenters. The number of primary amides is 1. The highest BCUT2D eigenvalue weighted by molar-refractivity contribution is 7.91. The first-order valence-electron chi connectivity index (χ1n) is 5.87. The van der Waals surface area contributed by atoms with Crippen molar-refractivity contribution in [2.75, 3.05) is 29.1 Å². The van der Waals surface area contributed by atoms with Crippen molar-refractivity contribution in [3.05, 3.63) is 17.8 Å². The Bertz CT molecular complexity index is 600. The van der Waals surface area contributed by atoms with E-state index in [9.17, 15) is 13.2 Å². The van der Waals surface area contributed by atoms with Gasteiger partial charge in [0.1, 0.15) is 5.82 Å². The highest BCUT2D eigenvalue weighted by Gasteiger charge is 2.27. The van der Waals surface area contributed by atoms with Gasteiger partial charge in [0.25, 0.3) is 5.91 Å². The Labute approximate surface area is 111 Å². The average Bonchev–Trinajstić information content (AvgIpc) is 2.67. The summed E-state index contributed by atoms with van der Waals surface area (Å²) in [7, 11) is -2.91. The largest absolute Gasteiger partial charge is 0.397 e. The fourth-order valence-corrected chi connectivity index (χ4v) is 3.95. The number of nitrogens with two attached hydrogens (primary N) is 2. The summed E-state index contributed by atoms with van der Waals surface area (Å²) in [5, 5.41) is 2.97. The van der Waals surface area contributed by atoms with E-state index in [4.69, 9.17) is 11.5 Å². The minimum atomic E-state index is -2.91. The van der Waals surface area contributed by atoms with E-state index >= 15 is 0 Å². The molecular weight excluding hydrogens is 268 g/mol. The van der Waals surface area contributed by atoms with Gasteiger partial charge in [-0.3, -0.25) is 4.79 Å². The molecule has 1 aromatic heterocycles. The number of carbonyl (C=O) groups is 1. The van der Waals surface area contributed by atoms with Crippen LogP contribution >= 0.6 is 0 Å². The van der Waals surface area contributed by atoms with Gasteiger partial charge in [-0.1, -0.05) is 0 Å². The Morgan fingerprint density at radius 1 is 1.53 bits per heavy atom. The van der Waals surface area contributed by atoms with E-state index in [0.717, 1.165) is 0 Å². The topological polar surface area (TPSA) is 128 Å². The maximum Gasteiger partial charge on any atom is 0.252 e. The summed E-state index contributed by atoms with van der Waals surface area (Å²) in [5.41, 5.74) is 11.3. The van der Waals surface area contributed by atoms with Gasteiger partial charge in [-0.2, -0.15) is 0 Å². The first-order valence-corrected chi connectivity index (χ1v) is 7.69. The molecule has 19 heavy (non-hydrogen) atoms. The highest BCUT2D eigenvalue weighted by Crippen LogP contribution is 2.20. The first kappa shape index (κ1) is 13.6. The normalized spacial score (nSPS) is 21.2. The summed E-state index contributed by atoms with van der Waals surface area (Å²) >= 11 is 0. The SMILES string of the molecule is NC(=O)c1cc(N)cnc1NCC1CCS(=O)(=O)C1. The number of carbonyl (C=O) groups excluding carboxylic acids is 1. The van der Waals surface area contributed by atoms with Gasteiger partial charge in [-0.25, -0.2) is 13.4 Å². The number of nitrogens with zero attached hydrogens (tertiary/aromatic N) is 1. The predicted molar refractivity (Wildman–Crippen MR) is 72.4 cm³/mol. The van der Waals surface area contributed by atoms with Crippen molar-refractivity contribution in [1.29, 1.82) is 0 Å². The maximum absolute atomic E-state index is 11.3. The lowest BCUT2D eigenvalue weighted by Gasteiger charge is -2.12. The van der Waals surface area contributed by atoms with Gasteiger partial charge in [-0.05, 0) is 18.4 Å². The van der Waals surface area contributed by atoms with Crippen molar-refractivity contribution < 1.29 is 13.2 Å². The number of hydrogen-bond donors (Lipinski definition) is 3. The predicted octanol–water partition coefficient (Wildman–Crippen LogP) is -0.391. The molecular formula is C11H16N4O3S. The molecule has 8 heteroatoms. The monoisotopic (exact) mass is 284 g/mol. The summed E-state index contributed by atoms with van der Waals surface area (Å²) < 4.78 is 22.7. The van der Waals surface area contributed by atoms with Crippen LogP contribution < -0.4 is 16.8 Å². The molecule has 2 heterocycles. The van der Waals surface area contributed by atoms with Crippen LogP contribution in [0.1, 0.15) is 16.8 Å². The van der Waals surface area contributed by atoms with Crippen LogP contribution in [0.4, 0.5) is 11.5 Å². The molecule has 7 nitrogen and oxygen atoms in total. The van der Waals surface area contributed by atoms with Gasteiger partial charge < -0.3 is 16.8 Å². The Balaban J connectivity index is 2.06. The number of sulfone groups is 1. The first-order chi connectivity index (χ1) is 8.87. The lowest BCUT2D eigenvalue weighted by atomic mass is 10.1. The summed E-state index contributed by atoms with van der Waals surface area (Å²) in [4.78, 5) is 15.3. The van der Waals surface area contributed by atoms with Crippen molar-refractivity contribution in [3.63, 3.8) is 0 Å². The number of aromatic nitrogens is 1. The van der Waals surface area contributed by atoms with Crippen molar-refractivity contribution in [2.24, 2.45) is 11.7 Å². The molecule has 1 amide bonds. The van der Waals surface area contributed by atoms with Crippen LogP contribution in [0, 0.1) is 5.92 Å². The summed E-state index contributed by atoms with van der Waals surface area (Å²) in [5.74, 6) is 0.135. The fraction of sp³-hybridized carbons (Fsp3) is 0.455. The van der Waals surface area contributed by atoms with Gasteiger partial charge in [0.2, 0.25) is 0 Å². The van der Waals surface area contributed by atoms with E-state index < -0.39 is 15.7 Å². The maximum atomic E-state index is 11.3. The number of amides is 1. The molecule has 0 spiro atoms. The summed E-state index contributed by atoms with van der Waals surface area (Å²) in [6, 6.07) is 1.45. The Hall–Kier alpha value is -1.83. The molecule has 1 saturated heterocycles. The molecule has 0 aliphatic carbocycles. The third-order valence-electron chi connectivity index (χ3n) is 3.06. The van der Waals surface area contributed by atoms with E-state index in [0.29, 0.717) is 24.5 Å². The van der Waals surface area contributed by atoms with Crippen molar-refractivity contribution in [1.82, 2.24) is 4.98 Å². The number of nitrogen functional groups attached to an aromatic ring is 1. The second-order valence-corrected chi connectivity index (χ2v) is 6.91. The molecule has 0 radical (unpaired) electrons. The molecule has 1 aromatic rings. The standard InChI is InChI=1S/C11H16N4O3S/c12-8-3-9(10(13)16)11(15-5-8)14-4-7-1-2-19(17,18)6-7/h3,5,7H,1-2,4,6,12H2,(H2,13,16)(H,14,15). The number of nitrogens with one attached hydrogen (secondary N) is 1. The molecule has 1 aliphatic rings. The molecule has 5 N–H and O–H groups in total. The number of hydrogen-bond acceptors (Lipinski definition) is 6. The minimum Gasteiger partial charge on any atom is -0.397 e. The zero-order valence-electron chi connectivity index (χ0n) is 10.3. The van der Waals surface area contributed by atoms with Crippen LogP contribution in [-0.2, 0) is 9.84 Å². The van der Waals surface area contributed by atoms with Gasteiger partial charge in [0.15, 0.2) is 9.84 Å². The lowest BCUT2D eigenvalue weighted by molar-refractivity contribution is 0.100.